The third kappa shape index (κ3) is 4.35. The van der Waals surface area contributed by atoms with Crippen LogP contribution in [0.2, 0.25) is 5.02 Å². The molecule has 0 bridgehead atoms. The van der Waals surface area contributed by atoms with E-state index < -0.39 is 10.0 Å². The lowest BCUT2D eigenvalue weighted by Crippen LogP contribution is -2.49. The number of Topliss-reactive ketones (excluding diaryl/α,β-unsaturated/α-hetero) is 1. The lowest BCUT2D eigenvalue weighted by atomic mass is 10.1. The van der Waals surface area contributed by atoms with Crippen molar-refractivity contribution in [1.29, 1.82) is 0 Å². The van der Waals surface area contributed by atoms with Crippen molar-refractivity contribution in [2.24, 2.45) is 7.05 Å². The zero-order valence-corrected chi connectivity index (χ0v) is 18.7. The molecule has 2 heterocycles. The van der Waals surface area contributed by atoms with Crippen LogP contribution in [0.4, 0.5) is 0 Å². The molecule has 3 rings (SSSR count). The summed E-state index contributed by atoms with van der Waals surface area (Å²) < 4.78 is 34.3. The summed E-state index contributed by atoms with van der Waals surface area (Å²) in [4.78, 5) is 14.8. The summed E-state index contributed by atoms with van der Waals surface area (Å²) >= 11 is 6.08. The van der Waals surface area contributed by atoms with Gasteiger partial charge in [0.15, 0.2) is 5.78 Å². The highest BCUT2D eigenvalue weighted by Crippen LogP contribution is 2.28. The largest absolute Gasteiger partial charge is 0.495 e. The van der Waals surface area contributed by atoms with E-state index in [1.54, 1.807) is 6.07 Å². The number of benzene rings is 1. The number of ketones is 1. The Hall–Kier alpha value is -1.87. The van der Waals surface area contributed by atoms with Gasteiger partial charge in [-0.05, 0) is 38.1 Å². The van der Waals surface area contributed by atoms with Crippen LogP contribution in [0.25, 0.3) is 0 Å². The number of hydrogen-bond donors (Lipinski definition) is 0. The maximum absolute atomic E-state index is 12.9. The highest BCUT2D eigenvalue weighted by molar-refractivity contribution is 7.89. The first-order valence-electron chi connectivity index (χ1n) is 9.37. The van der Waals surface area contributed by atoms with Crippen molar-refractivity contribution in [2.75, 3.05) is 39.8 Å². The first-order valence-corrected chi connectivity index (χ1v) is 11.2. The fraction of sp³-hybridized carbons (Fsp3) is 0.450. The topological polar surface area (TPSA) is 71.9 Å². The predicted octanol–water partition coefficient (Wildman–Crippen LogP) is 2.49. The van der Waals surface area contributed by atoms with Crippen LogP contribution < -0.4 is 4.74 Å². The van der Waals surface area contributed by atoms with E-state index in [9.17, 15) is 13.2 Å². The van der Waals surface area contributed by atoms with Crippen molar-refractivity contribution < 1.29 is 17.9 Å². The SMILES string of the molecule is COc1ccc(S(=O)(=O)N2CCN(CC(=O)c3cc(C)n(C)c3C)CC2)cc1Cl. The van der Waals surface area contributed by atoms with Crippen molar-refractivity contribution in [1.82, 2.24) is 13.8 Å². The van der Waals surface area contributed by atoms with Gasteiger partial charge in [-0.25, -0.2) is 8.42 Å². The molecule has 0 radical (unpaired) electrons. The number of ether oxygens (including phenoxy) is 1. The van der Waals surface area contributed by atoms with E-state index in [0.717, 1.165) is 17.0 Å². The molecule has 1 saturated heterocycles. The average Bonchev–Trinajstić information content (AvgIpc) is 2.95. The van der Waals surface area contributed by atoms with Gasteiger partial charge in [-0.2, -0.15) is 4.31 Å². The minimum absolute atomic E-state index is 0.0597. The number of aryl methyl sites for hydroxylation is 1. The highest BCUT2D eigenvalue weighted by Gasteiger charge is 2.30. The molecule has 1 aromatic heterocycles. The molecule has 158 valence electrons. The maximum atomic E-state index is 12.9. The normalized spacial score (nSPS) is 16.2. The van der Waals surface area contributed by atoms with Crippen LogP contribution in [-0.2, 0) is 17.1 Å². The molecule has 9 heteroatoms. The molecular weight excluding hydrogens is 414 g/mol. The van der Waals surface area contributed by atoms with E-state index in [2.05, 4.69) is 0 Å². The lowest BCUT2D eigenvalue weighted by Gasteiger charge is -2.33. The van der Waals surface area contributed by atoms with E-state index in [4.69, 9.17) is 16.3 Å². The average molecular weight is 440 g/mol. The molecule has 1 aliphatic heterocycles. The molecule has 1 aliphatic rings. The van der Waals surface area contributed by atoms with Crippen LogP contribution in [0.3, 0.4) is 0 Å². The Morgan fingerprint density at radius 1 is 1.14 bits per heavy atom. The minimum atomic E-state index is -3.64. The van der Waals surface area contributed by atoms with Crippen LogP contribution in [0, 0.1) is 13.8 Å². The minimum Gasteiger partial charge on any atom is -0.495 e. The van der Waals surface area contributed by atoms with E-state index in [-0.39, 0.29) is 22.2 Å². The summed E-state index contributed by atoms with van der Waals surface area (Å²) in [5, 5.41) is 0.256. The van der Waals surface area contributed by atoms with Gasteiger partial charge in [0.2, 0.25) is 10.0 Å². The summed E-state index contributed by atoms with van der Waals surface area (Å²) in [6, 6.07) is 6.36. The van der Waals surface area contributed by atoms with Gasteiger partial charge in [0, 0.05) is 50.2 Å². The number of carbonyl (C=O) groups excluding carboxylic acids is 1. The Kier molecular flexibility index (Phi) is 6.38. The number of carbonyl (C=O) groups is 1. The van der Waals surface area contributed by atoms with Crippen LogP contribution in [-0.4, -0.2) is 67.8 Å². The molecule has 0 N–H and O–H groups in total. The monoisotopic (exact) mass is 439 g/mol. The summed E-state index contributed by atoms with van der Waals surface area (Å²) in [6.45, 7) is 5.84. The fourth-order valence-electron chi connectivity index (χ4n) is 3.51. The third-order valence-electron chi connectivity index (χ3n) is 5.54. The Morgan fingerprint density at radius 3 is 2.31 bits per heavy atom. The van der Waals surface area contributed by atoms with Gasteiger partial charge >= 0.3 is 0 Å². The number of sulfonamides is 1. The molecule has 0 amide bonds. The molecular formula is C20H26ClN3O4S. The first-order chi connectivity index (χ1) is 13.6. The zero-order chi connectivity index (χ0) is 21.3. The maximum Gasteiger partial charge on any atom is 0.243 e. The Morgan fingerprint density at radius 2 is 1.79 bits per heavy atom. The van der Waals surface area contributed by atoms with Crippen LogP contribution in [0.15, 0.2) is 29.2 Å². The molecule has 0 spiro atoms. The van der Waals surface area contributed by atoms with Gasteiger partial charge < -0.3 is 9.30 Å². The molecule has 7 nitrogen and oxygen atoms in total. The van der Waals surface area contributed by atoms with E-state index >= 15 is 0 Å². The molecule has 0 atom stereocenters. The lowest BCUT2D eigenvalue weighted by molar-refractivity contribution is 0.0901. The van der Waals surface area contributed by atoms with Crippen molar-refractivity contribution in [2.45, 2.75) is 18.7 Å². The zero-order valence-electron chi connectivity index (χ0n) is 17.1. The van der Waals surface area contributed by atoms with Crippen molar-refractivity contribution in [3.63, 3.8) is 0 Å². The molecule has 0 saturated carbocycles. The standard InChI is InChI=1S/C20H26ClN3O4S/c1-14-11-17(15(2)22(14)3)19(25)13-23-7-9-24(10-8-23)29(26,27)16-5-6-20(28-4)18(21)12-16/h5-6,11-12H,7-10,13H2,1-4H3. The number of hydrogen-bond acceptors (Lipinski definition) is 5. The molecule has 0 aliphatic carbocycles. The van der Waals surface area contributed by atoms with E-state index in [1.165, 1.54) is 23.5 Å². The second-order valence-electron chi connectivity index (χ2n) is 7.24. The van der Waals surface area contributed by atoms with Crippen LogP contribution >= 0.6 is 11.6 Å². The number of halogens is 1. The first kappa shape index (κ1) is 21.8. The van der Waals surface area contributed by atoms with Gasteiger partial charge in [0.25, 0.3) is 0 Å². The number of rotatable bonds is 6. The number of aromatic nitrogens is 1. The number of nitrogens with zero attached hydrogens (tertiary/aromatic N) is 3. The van der Waals surface area contributed by atoms with Gasteiger partial charge in [-0.15, -0.1) is 0 Å². The summed E-state index contributed by atoms with van der Waals surface area (Å²) in [5.74, 6) is 0.491. The van der Waals surface area contributed by atoms with Gasteiger partial charge in [0.05, 0.1) is 23.6 Å². The fourth-order valence-corrected chi connectivity index (χ4v) is 5.28. The highest BCUT2D eigenvalue weighted by atomic mass is 35.5. The summed E-state index contributed by atoms with van der Waals surface area (Å²) in [6.07, 6.45) is 0. The smallest absolute Gasteiger partial charge is 0.243 e. The molecule has 1 aromatic carbocycles. The summed E-state index contributed by atoms with van der Waals surface area (Å²) in [5.41, 5.74) is 2.72. The molecule has 1 fully saturated rings. The van der Waals surface area contributed by atoms with Crippen molar-refractivity contribution >= 4 is 27.4 Å². The second kappa shape index (κ2) is 8.47. The van der Waals surface area contributed by atoms with E-state index in [1.807, 2.05) is 36.4 Å². The Bertz CT molecular complexity index is 1020. The number of methoxy groups -OCH3 is 1. The quantitative estimate of drug-likeness (QED) is 0.646. The van der Waals surface area contributed by atoms with Gasteiger partial charge in [0.1, 0.15) is 5.75 Å². The van der Waals surface area contributed by atoms with Crippen molar-refractivity contribution in [3.05, 3.63) is 46.2 Å². The molecule has 0 unspecified atom stereocenters. The second-order valence-corrected chi connectivity index (χ2v) is 9.59. The van der Waals surface area contributed by atoms with Crippen LogP contribution in [0.1, 0.15) is 21.7 Å². The Balaban J connectivity index is 1.64. The van der Waals surface area contributed by atoms with Gasteiger partial charge in [-0.1, -0.05) is 11.6 Å². The number of piperazine rings is 1. The van der Waals surface area contributed by atoms with E-state index in [0.29, 0.717) is 31.9 Å². The molecule has 2 aromatic rings. The predicted molar refractivity (Wildman–Crippen MR) is 112 cm³/mol. The van der Waals surface area contributed by atoms with Crippen molar-refractivity contribution in [3.8, 4) is 5.75 Å². The van der Waals surface area contributed by atoms with Crippen LogP contribution in [0.5, 0.6) is 5.75 Å². The van der Waals surface area contributed by atoms with Gasteiger partial charge in [-0.3, -0.25) is 9.69 Å². The Labute approximate surface area is 176 Å². The molecule has 29 heavy (non-hydrogen) atoms. The summed E-state index contributed by atoms with van der Waals surface area (Å²) in [7, 11) is -0.223. The third-order valence-corrected chi connectivity index (χ3v) is 7.73.